The van der Waals surface area contributed by atoms with Crippen molar-refractivity contribution in [3.63, 3.8) is 0 Å². The lowest BCUT2D eigenvalue weighted by molar-refractivity contribution is -0.132. The normalized spacial score (nSPS) is 16.4. The van der Waals surface area contributed by atoms with Crippen molar-refractivity contribution in [2.45, 2.75) is 38.6 Å². The van der Waals surface area contributed by atoms with Gasteiger partial charge in [0.15, 0.2) is 11.5 Å². The number of nitrogens with two attached hydrogens (primary N) is 1. The first-order valence-corrected chi connectivity index (χ1v) is 8.83. The number of piperidine rings is 1. The minimum Gasteiger partial charge on any atom is -0.493 e. The van der Waals surface area contributed by atoms with Gasteiger partial charge in [0.2, 0.25) is 11.7 Å². The molecule has 1 aromatic carbocycles. The molecule has 2 rings (SSSR count). The zero-order valence-corrected chi connectivity index (χ0v) is 15.7. The van der Waals surface area contributed by atoms with Crippen LogP contribution in [0.4, 0.5) is 0 Å². The molecule has 0 radical (unpaired) electrons. The molecule has 25 heavy (non-hydrogen) atoms. The first-order valence-electron chi connectivity index (χ1n) is 8.83. The summed E-state index contributed by atoms with van der Waals surface area (Å²) < 4.78 is 16.2. The van der Waals surface area contributed by atoms with E-state index < -0.39 is 0 Å². The van der Waals surface area contributed by atoms with Gasteiger partial charge in [-0.15, -0.1) is 0 Å². The summed E-state index contributed by atoms with van der Waals surface area (Å²) in [5.41, 5.74) is 6.91. The third-order valence-electron chi connectivity index (χ3n) is 5.03. The molecule has 1 aliphatic rings. The Kier molecular flexibility index (Phi) is 6.93. The standard InChI is InChI=1S/C19H30N2O4/c1-13(20)14-9-11-21(12-10-14)17(22)8-6-15-5-7-16(23-2)19(25-4)18(15)24-3/h5,7,13-14H,6,8-12,20H2,1-4H3. The Morgan fingerprint density at radius 2 is 1.80 bits per heavy atom. The second kappa shape index (κ2) is 8.94. The van der Waals surface area contributed by atoms with Gasteiger partial charge in [-0.25, -0.2) is 0 Å². The van der Waals surface area contributed by atoms with Gasteiger partial charge in [0.05, 0.1) is 21.3 Å². The molecule has 0 spiro atoms. The molecular formula is C19H30N2O4. The van der Waals surface area contributed by atoms with Crippen LogP contribution < -0.4 is 19.9 Å². The monoisotopic (exact) mass is 350 g/mol. The number of benzene rings is 1. The molecule has 0 aliphatic carbocycles. The van der Waals surface area contributed by atoms with Crippen molar-refractivity contribution in [3.8, 4) is 17.2 Å². The summed E-state index contributed by atoms with van der Waals surface area (Å²) in [7, 11) is 4.77. The molecule has 0 aromatic heterocycles. The number of rotatable bonds is 7. The summed E-state index contributed by atoms with van der Waals surface area (Å²) in [5, 5.41) is 0. The van der Waals surface area contributed by atoms with Gasteiger partial charge in [-0.3, -0.25) is 4.79 Å². The fourth-order valence-corrected chi connectivity index (χ4v) is 3.43. The van der Waals surface area contributed by atoms with Crippen molar-refractivity contribution in [2.24, 2.45) is 11.7 Å². The number of likely N-dealkylation sites (tertiary alicyclic amines) is 1. The van der Waals surface area contributed by atoms with Gasteiger partial charge in [-0.1, -0.05) is 6.07 Å². The van der Waals surface area contributed by atoms with Crippen LogP contribution in [-0.4, -0.2) is 51.3 Å². The van der Waals surface area contributed by atoms with E-state index in [1.54, 1.807) is 21.3 Å². The quantitative estimate of drug-likeness (QED) is 0.816. The fourth-order valence-electron chi connectivity index (χ4n) is 3.43. The predicted octanol–water partition coefficient (Wildman–Crippen LogP) is 2.23. The molecule has 2 N–H and O–H groups in total. The molecule has 1 unspecified atom stereocenters. The number of nitrogens with zero attached hydrogens (tertiary/aromatic N) is 1. The lowest BCUT2D eigenvalue weighted by atomic mass is 9.91. The molecule has 1 aromatic rings. The van der Waals surface area contributed by atoms with Crippen LogP contribution in [0.25, 0.3) is 0 Å². The third kappa shape index (κ3) is 4.57. The molecule has 0 bridgehead atoms. The third-order valence-corrected chi connectivity index (χ3v) is 5.03. The van der Waals surface area contributed by atoms with Crippen LogP contribution in [0.15, 0.2) is 12.1 Å². The van der Waals surface area contributed by atoms with E-state index in [9.17, 15) is 4.79 Å². The summed E-state index contributed by atoms with van der Waals surface area (Å²) in [4.78, 5) is 14.5. The van der Waals surface area contributed by atoms with Gasteiger partial charge in [-0.05, 0) is 43.7 Å². The Morgan fingerprint density at radius 3 is 2.32 bits per heavy atom. The number of aryl methyl sites for hydroxylation is 1. The van der Waals surface area contributed by atoms with Crippen molar-refractivity contribution in [1.82, 2.24) is 4.90 Å². The van der Waals surface area contributed by atoms with E-state index in [-0.39, 0.29) is 11.9 Å². The summed E-state index contributed by atoms with van der Waals surface area (Å²) in [6.45, 7) is 3.65. The Morgan fingerprint density at radius 1 is 1.16 bits per heavy atom. The number of methoxy groups -OCH3 is 3. The van der Waals surface area contributed by atoms with E-state index in [4.69, 9.17) is 19.9 Å². The maximum absolute atomic E-state index is 12.5. The number of amides is 1. The highest BCUT2D eigenvalue weighted by Crippen LogP contribution is 2.40. The van der Waals surface area contributed by atoms with E-state index in [2.05, 4.69) is 0 Å². The lowest BCUT2D eigenvalue weighted by Gasteiger charge is -2.33. The molecule has 1 fully saturated rings. The van der Waals surface area contributed by atoms with Gasteiger partial charge in [0, 0.05) is 25.6 Å². The average molecular weight is 350 g/mol. The minimum absolute atomic E-state index is 0.181. The lowest BCUT2D eigenvalue weighted by Crippen LogP contribution is -2.42. The average Bonchev–Trinajstić information content (AvgIpc) is 2.64. The maximum Gasteiger partial charge on any atom is 0.222 e. The Hall–Kier alpha value is -1.95. The molecular weight excluding hydrogens is 320 g/mol. The van der Waals surface area contributed by atoms with E-state index in [1.165, 1.54) is 0 Å². The maximum atomic E-state index is 12.5. The smallest absolute Gasteiger partial charge is 0.222 e. The van der Waals surface area contributed by atoms with Gasteiger partial charge in [-0.2, -0.15) is 0 Å². The summed E-state index contributed by atoms with van der Waals surface area (Å²) in [6, 6.07) is 3.97. The Labute approximate surface area is 150 Å². The molecule has 1 saturated heterocycles. The molecule has 1 atom stereocenters. The largest absolute Gasteiger partial charge is 0.493 e. The SMILES string of the molecule is COc1ccc(CCC(=O)N2CCC(C(C)N)CC2)c(OC)c1OC. The highest BCUT2D eigenvalue weighted by molar-refractivity contribution is 5.76. The highest BCUT2D eigenvalue weighted by atomic mass is 16.5. The Balaban J connectivity index is 1.98. The molecule has 0 saturated carbocycles. The van der Waals surface area contributed by atoms with Gasteiger partial charge < -0.3 is 24.8 Å². The van der Waals surface area contributed by atoms with Crippen LogP contribution in [0, 0.1) is 5.92 Å². The second-order valence-electron chi connectivity index (χ2n) is 6.57. The zero-order chi connectivity index (χ0) is 18.4. The molecule has 6 nitrogen and oxygen atoms in total. The van der Waals surface area contributed by atoms with E-state index in [0.717, 1.165) is 31.5 Å². The first kappa shape index (κ1) is 19.4. The van der Waals surface area contributed by atoms with Gasteiger partial charge in [0.25, 0.3) is 0 Å². The van der Waals surface area contributed by atoms with E-state index in [1.807, 2.05) is 24.0 Å². The van der Waals surface area contributed by atoms with Crippen molar-refractivity contribution < 1.29 is 19.0 Å². The van der Waals surface area contributed by atoms with Crippen LogP contribution in [0.3, 0.4) is 0 Å². The summed E-state index contributed by atoms with van der Waals surface area (Å²) in [6.07, 6.45) is 3.04. The van der Waals surface area contributed by atoms with Crippen LogP contribution >= 0.6 is 0 Å². The second-order valence-corrected chi connectivity index (χ2v) is 6.57. The molecule has 1 heterocycles. The molecule has 1 amide bonds. The first-order chi connectivity index (χ1) is 12.0. The van der Waals surface area contributed by atoms with E-state index >= 15 is 0 Å². The molecule has 1 aliphatic heterocycles. The van der Waals surface area contributed by atoms with Crippen LogP contribution in [0.2, 0.25) is 0 Å². The van der Waals surface area contributed by atoms with Crippen molar-refractivity contribution in [3.05, 3.63) is 17.7 Å². The minimum atomic E-state index is 0.181. The topological polar surface area (TPSA) is 74.0 Å². The van der Waals surface area contributed by atoms with Gasteiger partial charge in [0.1, 0.15) is 0 Å². The number of carbonyl (C=O) groups excluding carboxylic acids is 1. The molecule has 140 valence electrons. The van der Waals surface area contributed by atoms with Crippen LogP contribution in [0.5, 0.6) is 17.2 Å². The predicted molar refractivity (Wildman–Crippen MR) is 97.4 cm³/mol. The number of ether oxygens (including phenoxy) is 3. The van der Waals surface area contributed by atoms with Crippen LogP contribution in [-0.2, 0) is 11.2 Å². The highest BCUT2D eigenvalue weighted by Gasteiger charge is 2.25. The molecule has 6 heteroatoms. The Bertz CT molecular complexity index is 581. The van der Waals surface area contributed by atoms with Gasteiger partial charge >= 0.3 is 0 Å². The summed E-state index contributed by atoms with van der Waals surface area (Å²) >= 11 is 0. The number of carbonyl (C=O) groups is 1. The number of hydrogen-bond acceptors (Lipinski definition) is 5. The van der Waals surface area contributed by atoms with E-state index in [0.29, 0.717) is 36.0 Å². The zero-order valence-electron chi connectivity index (χ0n) is 15.7. The summed E-state index contributed by atoms with van der Waals surface area (Å²) in [5.74, 6) is 2.51. The fraction of sp³-hybridized carbons (Fsp3) is 0.632. The van der Waals surface area contributed by atoms with Crippen molar-refractivity contribution in [1.29, 1.82) is 0 Å². The van der Waals surface area contributed by atoms with Crippen molar-refractivity contribution in [2.75, 3.05) is 34.4 Å². The number of hydrogen-bond donors (Lipinski definition) is 1. The van der Waals surface area contributed by atoms with Crippen LogP contribution in [0.1, 0.15) is 31.7 Å². The van der Waals surface area contributed by atoms with Crippen molar-refractivity contribution >= 4 is 5.91 Å².